The molecular formula is C26H26N2O4S. The van der Waals surface area contributed by atoms with Crippen molar-refractivity contribution in [2.75, 3.05) is 19.6 Å². The molecule has 1 aliphatic heterocycles. The fourth-order valence-corrected chi connectivity index (χ4v) is 5.99. The molecule has 0 saturated heterocycles. The van der Waals surface area contributed by atoms with E-state index in [1.165, 1.54) is 30.3 Å². The van der Waals surface area contributed by atoms with E-state index in [0.29, 0.717) is 6.54 Å². The van der Waals surface area contributed by atoms with E-state index in [1.54, 1.807) is 12.1 Å². The zero-order valence-electron chi connectivity index (χ0n) is 18.6. The lowest BCUT2D eigenvalue weighted by Crippen LogP contribution is -2.38. The molecule has 0 aliphatic carbocycles. The van der Waals surface area contributed by atoms with Crippen LogP contribution in [-0.2, 0) is 9.84 Å². The molecule has 0 saturated carbocycles. The minimum atomic E-state index is -3.89. The van der Waals surface area contributed by atoms with Crippen LogP contribution >= 0.6 is 0 Å². The van der Waals surface area contributed by atoms with Crippen LogP contribution in [0.4, 0.5) is 0 Å². The Balaban J connectivity index is 1.61. The Kier molecular flexibility index (Phi) is 6.44. The molecule has 1 aliphatic rings. The molecule has 170 valence electrons. The van der Waals surface area contributed by atoms with Gasteiger partial charge in [-0.3, -0.25) is 14.5 Å². The van der Waals surface area contributed by atoms with Crippen molar-refractivity contribution >= 4 is 21.5 Å². The SMILES string of the molecule is CCN(CC)[C@H](CNC(=O)c1ccc2c(c1)S(=O)(=O)c1ccccc1C2=O)c1ccccc1. The smallest absolute Gasteiger partial charge is 0.251 e. The molecule has 0 radical (unpaired) electrons. The van der Waals surface area contributed by atoms with E-state index in [-0.39, 0.29) is 44.2 Å². The van der Waals surface area contributed by atoms with Crippen molar-refractivity contribution in [3.63, 3.8) is 0 Å². The molecule has 1 heterocycles. The molecular weight excluding hydrogens is 436 g/mol. The van der Waals surface area contributed by atoms with Gasteiger partial charge in [0.2, 0.25) is 9.84 Å². The summed E-state index contributed by atoms with van der Waals surface area (Å²) in [4.78, 5) is 27.9. The van der Waals surface area contributed by atoms with Gasteiger partial charge < -0.3 is 5.32 Å². The highest BCUT2D eigenvalue weighted by Gasteiger charge is 2.35. The second-order valence-corrected chi connectivity index (χ2v) is 9.78. The van der Waals surface area contributed by atoms with Crippen molar-refractivity contribution in [3.05, 3.63) is 95.1 Å². The minimum absolute atomic E-state index is 0.0139. The number of benzene rings is 3. The summed E-state index contributed by atoms with van der Waals surface area (Å²) in [7, 11) is -3.89. The summed E-state index contributed by atoms with van der Waals surface area (Å²) in [6.07, 6.45) is 0. The number of nitrogens with one attached hydrogen (secondary N) is 1. The van der Waals surface area contributed by atoms with Crippen molar-refractivity contribution in [3.8, 4) is 0 Å². The van der Waals surface area contributed by atoms with Gasteiger partial charge in [0.1, 0.15) is 0 Å². The number of rotatable bonds is 7. The highest BCUT2D eigenvalue weighted by Crippen LogP contribution is 2.34. The van der Waals surface area contributed by atoms with Gasteiger partial charge in [-0.25, -0.2) is 8.42 Å². The number of hydrogen-bond acceptors (Lipinski definition) is 5. The summed E-state index contributed by atoms with van der Waals surface area (Å²) in [5.74, 6) is -0.736. The van der Waals surface area contributed by atoms with Gasteiger partial charge in [0.15, 0.2) is 5.78 Å². The lowest BCUT2D eigenvalue weighted by atomic mass is 10.0. The Morgan fingerprint density at radius 3 is 2.21 bits per heavy atom. The van der Waals surface area contributed by atoms with Crippen LogP contribution in [0.15, 0.2) is 82.6 Å². The second kappa shape index (κ2) is 9.29. The predicted octanol–water partition coefficient (Wildman–Crippen LogP) is 3.88. The maximum absolute atomic E-state index is 13.1. The van der Waals surface area contributed by atoms with Gasteiger partial charge in [0.05, 0.1) is 15.8 Å². The fraction of sp³-hybridized carbons (Fsp3) is 0.231. The van der Waals surface area contributed by atoms with Crippen molar-refractivity contribution in [2.24, 2.45) is 0 Å². The molecule has 7 heteroatoms. The van der Waals surface area contributed by atoms with E-state index < -0.39 is 9.84 Å². The van der Waals surface area contributed by atoms with Crippen molar-refractivity contribution in [1.29, 1.82) is 0 Å². The van der Waals surface area contributed by atoms with Gasteiger partial charge in [0, 0.05) is 23.2 Å². The average molecular weight is 463 g/mol. The van der Waals surface area contributed by atoms with E-state index in [9.17, 15) is 18.0 Å². The number of nitrogens with zero attached hydrogens (tertiary/aromatic N) is 1. The van der Waals surface area contributed by atoms with Crippen LogP contribution in [0.5, 0.6) is 0 Å². The summed E-state index contributed by atoms with van der Waals surface area (Å²) in [6.45, 7) is 6.17. The first-order valence-corrected chi connectivity index (χ1v) is 12.5. The molecule has 0 bridgehead atoms. The summed E-state index contributed by atoms with van der Waals surface area (Å²) in [6, 6.07) is 20.3. The third-order valence-corrected chi connectivity index (χ3v) is 7.94. The number of ketones is 1. The first-order chi connectivity index (χ1) is 15.9. The summed E-state index contributed by atoms with van der Waals surface area (Å²) in [5.41, 5.74) is 1.55. The van der Waals surface area contributed by atoms with Crippen LogP contribution in [0, 0.1) is 0 Å². The van der Waals surface area contributed by atoms with Gasteiger partial charge in [-0.1, -0.05) is 56.3 Å². The number of carbonyl (C=O) groups is 2. The van der Waals surface area contributed by atoms with Crippen LogP contribution in [0.25, 0.3) is 0 Å². The number of hydrogen-bond donors (Lipinski definition) is 1. The molecule has 3 aromatic rings. The van der Waals surface area contributed by atoms with Gasteiger partial charge in [-0.05, 0) is 49.0 Å². The maximum atomic E-state index is 13.1. The zero-order valence-corrected chi connectivity index (χ0v) is 19.4. The van der Waals surface area contributed by atoms with E-state index in [0.717, 1.165) is 18.7 Å². The Hall–Kier alpha value is -3.29. The number of carbonyl (C=O) groups excluding carboxylic acids is 2. The lowest BCUT2D eigenvalue weighted by Gasteiger charge is -2.30. The van der Waals surface area contributed by atoms with Crippen LogP contribution in [0.3, 0.4) is 0 Å². The monoisotopic (exact) mass is 462 g/mol. The second-order valence-electron chi connectivity index (χ2n) is 7.90. The van der Waals surface area contributed by atoms with Crippen LogP contribution < -0.4 is 5.32 Å². The van der Waals surface area contributed by atoms with Crippen molar-refractivity contribution in [2.45, 2.75) is 29.7 Å². The molecule has 1 atom stereocenters. The van der Waals surface area contributed by atoms with Gasteiger partial charge in [0.25, 0.3) is 5.91 Å². The highest BCUT2D eigenvalue weighted by molar-refractivity contribution is 7.91. The maximum Gasteiger partial charge on any atom is 0.251 e. The molecule has 0 fully saturated rings. The van der Waals surface area contributed by atoms with Crippen LogP contribution in [0.2, 0.25) is 0 Å². The van der Waals surface area contributed by atoms with E-state index in [4.69, 9.17) is 0 Å². The topological polar surface area (TPSA) is 83.6 Å². The highest BCUT2D eigenvalue weighted by atomic mass is 32.2. The van der Waals surface area contributed by atoms with E-state index in [1.807, 2.05) is 30.3 Å². The third kappa shape index (κ3) is 4.21. The summed E-state index contributed by atoms with van der Waals surface area (Å²) >= 11 is 0. The van der Waals surface area contributed by atoms with Crippen molar-refractivity contribution < 1.29 is 18.0 Å². The quantitative estimate of drug-likeness (QED) is 0.451. The molecule has 3 aromatic carbocycles. The van der Waals surface area contributed by atoms with Crippen LogP contribution in [-0.4, -0.2) is 44.6 Å². The molecule has 4 rings (SSSR count). The lowest BCUT2D eigenvalue weighted by molar-refractivity contribution is 0.0933. The minimum Gasteiger partial charge on any atom is -0.350 e. The molecule has 33 heavy (non-hydrogen) atoms. The number of amides is 1. The molecule has 6 nitrogen and oxygen atoms in total. The van der Waals surface area contributed by atoms with Gasteiger partial charge in [-0.2, -0.15) is 0 Å². The number of likely N-dealkylation sites (N-methyl/N-ethyl adjacent to an activating group) is 1. The largest absolute Gasteiger partial charge is 0.350 e. The van der Waals surface area contributed by atoms with Gasteiger partial charge >= 0.3 is 0 Å². The van der Waals surface area contributed by atoms with E-state index in [2.05, 4.69) is 24.1 Å². The Morgan fingerprint density at radius 2 is 1.52 bits per heavy atom. The first kappa shape index (κ1) is 22.9. The normalized spacial score (nSPS) is 14.9. The molecule has 0 unspecified atom stereocenters. The molecule has 1 amide bonds. The molecule has 0 aromatic heterocycles. The molecule has 0 spiro atoms. The fourth-order valence-electron chi connectivity index (χ4n) is 4.31. The number of sulfone groups is 1. The standard InChI is InChI=1S/C26H26N2O4S/c1-3-28(4-2)22(18-10-6-5-7-11-18)17-27-26(30)19-14-15-21-24(16-19)33(31,32)23-13-9-8-12-20(23)25(21)29/h5-16,22H,3-4,17H2,1-2H3,(H,27,30)/t22-/m1/s1. The summed E-state index contributed by atoms with van der Waals surface area (Å²) in [5, 5.41) is 2.95. The van der Waals surface area contributed by atoms with Gasteiger partial charge in [-0.15, -0.1) is 0 Å². The zero-order chi connectivity index (χ0) is 23.6. The Bertz CT molecular complexity index is 1300. The average Bonchev–Trinajstić information content (AvgIpc) is 2.85. The first-order valence-electron chi connectivity index (χ1n) is 11.0. The van der Waals surface area contributed by atoms with Crippen LogP contribution in [0.1, 0.15) is 51.7 Å². The number of fused-ring (bicyclic) bond motifs is 2. The Morgan fingerprint density at radius 1 is 0.879 bits per heavy atom. The Labute approximate surface area is 194 Å². The van der Waals surface area contributed by atoms with Crippen molar-refractivity contribution in [1.82, 2.24) is 10.2 Å². The molecule has 1 N–H and O–H groups in total. The summed E-state index contributed by atoms with van der Waals surface area (Å²) < 4.78 is 26.3. The predicted molar refractivity (Wildman–Crippen MR) is 126 cm³/mol. The van der Waals surface area contributed by atoms with E-state index >= 15 is 0 Å². The third-order valence-electron chi connectivity index (χ3n) is 6.09.